The van der Waals surface area contributed by atoms with Gasteiger partial charge in [-0.1, -0.05) is 0 Å². The van der Waals surface area contributed by atoms with Crippen molar-refractivity contribution in [2.75, 3.05) is 20.1 Å². The van der Waals surface area contributed by atoms with E-state index < -0.39 is 0 Å². The highest BCUT2D eigenvalue weighted by atomic mass is 15.2. The van der Waals surface area contributed by atoms with E-state index in [9.17, 15) is 0 Å². The molecule has 72 valence electrons. The number of hydrogen-bond donors (Lipinski definition) is 1. The lowest BCUT2D eigenvalue weighted by Crippen LogP contribution is -2.55. The zero-order valence-corrected chi connectivity index (χ0v) is 8.85. The quantitative estimate of drug-likeness (QED) is 0.675. The van der Waals surface area contributed by atoms with Crippen molar-refractivity contribution in [1.82, 2.24) is 10.2 Å². The van der Waals surface area contributed by atoms with Gasteiger partial charge in [0, 0.05) is 18.1 Å². The Kier molecular flexibility index (Phi) is 3.13. The van der Waals surface area contributed by atoms with Gasteiger partial charge < -0.3 is 5.32 Å². The smallest absolute Gasteiger partial charge is 0.0278 e. The molecule has 0 bridgehead atoms. The van der Waals surface area contributed by atoms with Crippen LogP contribution in [-0.4, -0.2) is 36.6 Å². The molecule has 1 fully saturated rings. The molecule has 12 heavy (non-hydrogen) atoms. The SMILES string of the molecule is CNC1(C)CCCN(C(C)C)C1. The van der Waals surface area contributed by atoms with Crippen molar-refractivity contribution in [2.45, 2.75) is 45.2 Å². The maximum absolute atomic E-state index is 3.42. The van der Waals surface area contributed by atoms with Gasteiger partial charge in [-0.15, -0.1) is 0 Å². The van der Waals surface area contributed by atoms with Crippen LogP contribution >= 0.6 is 0 Å². The summed E-state index contributed by atoms with van der Waals surface area (Å²) < 4.78 is 0. The fourth-order valence-electron chi connectivity index (χ4n) is 1.92. The molecule has 1 N–H and O–H groups in total. The number of likely N-dealkylation sites (tertiary alicyclic amines) is 1. The fraction of sp³-hybridized carbons (Fsp3) is 1.00. The van der Waals surface area contributed by atoms with Crippen LogP contribution in [0.3, 0.4) is 0 Å². The summed E-state index contributed by atoms with van der Waals surface area (Å²) in [6.07, 6.45) is 2.64. The van der Waals surface area contributed by atoms with Gasteiger partial charge in [0.2, 0.25) is 0 Å². The zero-order valence-electron chi connectivity index (χ0n) is 8.85. The van der Waals surface area contributed by atoms with E-state index in [-0.39, 0.29) is 0 Å². The van der Waals surface area contributed by atoms with Crippen molar-refractivity contribution in [2.24, 2.45) is 0 Å². The molecular weight excluding hydrogens is 148 g/mol. The maximum Gasteiger partial charge on any atom is 0.0278 e. The Hall–Kier alpha value is -0.0800. The van der Waals surface area contributed by atoms with Gasteiger partial charge in [0.1, 0.15) is 0 Å². The highest BCUT2D eigenvalue weighted by molar-refractivity contribution is 4.90. The molecule has 2 heteroatoms. The predicted octanol–water partition coefficient (Wildman–Crippen LogP) is 1.47. The zero-order chi connectivity index (χ0) is 9.19. The topological polar surface area (TPSA) is 15.3 Å². The van der Waals surface area contributed by atoms with Crippen LogP contribution in [-0.2, 0) is 0 Å². The highest BCUT2D eigenvalue weighted by Crippen LogP contribution is 2.21. The number of nitrogens with zero attached hydrogens (tertiary/aromatic N) is 1. The van der Waals surface area contributed by atoms with Gasteiger partial charge >= 0.3 is 0 Å². The highest BCUT2D eigenvalue weighted by Gasteiger charge is 2.29. The van der Waals surface area contributed by atoms with Crippen molar-refractivity contribution in [3.8, 4) is 0 Å². The molecule has 1 heterocycles. The molecule has 0 aromatic carbocycles. The lowest BCUT2D eigenvalue weighted by Gasteiger charge is -2.42. The first-order valence-electron chi connectivity index (χ1n) is 5.00. The third kappa shape index (κ3) is 2.20. The van der Waals surface area contributed by atoms with Crippen LogP contribution in [0.25, 0.3) is 0 Å². The summed E-state index contributed by atoms with van der Waals surface area (Å²) >= 11 is 0. The second-order valence-electron chi connectivity index (χ2n) is 4.48. The largest absolute Gasteiger partial charge is 0.313 e. The molecule has 1 rings (SSSR count). The van der Waals surface area contributed by atoms with Gasteiger partial charge in [-0.3, -0.25) is 4.90 Å². The summed E-state index contributed by atoms with van der Waals surface area (Å²) in [5, 5.41) is 3.42. The van der Waals surface area contributed by atoms with Crippen molar-refractivity contribution >= 4 is 0 Å². The standard InChI is InChI=1S/C10H22N2/c1-9(2)12-7-5-6-10(3,8-12)11-4/h9,11H,5-8H2,1-4H3. The third-order valence-corrected chi connectivity index (χ3v) is 3.06. The van der Waals surface area contributed by atoms with Gasteiger partial charge in [0.25, 0.3) is 0 Å². The molecule has 0 amide bonds. The predicted molar refractivity (Wildman–Crippen MR) is 53.4 cm³/mol. The van der Waals surface area contributed by atoms with Crippen LogP contribution in [0.15, 0.2) is 0 Å². The number of rotatable bonds is 2. The van der Waals surface area contributed by atoms with Crippen LogP contribution < -0.4 is 5.32 Å². The Morgan fingerprint density at radius 3 is 2.58 bits per heavy atom. The number of hydrogen-bond acceptors (Lipinski definition) is 2. The Bertz CT molecular complexity index is 145. The van der Waals surface area contributed by atoms with E-state index in [1.165, 1.54) is 25.9 Å². The first kappa shape index (κ1) is 10.0. The Morgan fingerprint density at radius 2 is 2.08 bits per heavy atom. The molecular formula is C10H22N2. The van der Waals surface area contributed by atoms with Crippen LogP contribution in [0.1, 0.15) is 33.6 Å². The Balaban J connectivity index is 2.51. The molecule has 1 aliphatic heterocycles. The molecule has 1 atom stereocenters. The second-order valence-corrected chi connectivity index (χ2v) is 4.48. The Labute approximate surface area is 76.3 Å². The minimum atomic E-state index is 0.350. The maximum atomic E-state index is 3.42. The average molecular weight is 170 g/mol. The molecule has 1 unspecified atom stereocenters. The molecule has 0 saturated carbocycles. The molecule has 1 saturated heterocycles. The summed E-state index contributed by atoms with van der Waals surface area (Å²) in [6.45, 7) is 9.35. The Morgan fingerprint density at radius 1 is 1.42 bits per heavy atom. The summed E-state index contributed by atoms with van der Waals surface area (Å²) in [4.78, 5) is 2.56. The van der Waals surface area contributed by atoms with Gasteiger partial charge in [-0.05, 0) is 47.2 Å². The lowest BCUT2D eigenvalue weighted by atomic mass is 9.91. The van der Waals surface area contributed by atoms with Crippen LogP contribution in [0.2, 0.25) is 0 Å². The van der Waals surface area contributed by atoms with Crippen molar-refractivity contribution in [1.29, 1.82) is 0 Å². The number of likely N-dealkylation sites (N-methyl/N-ethyl adjacent to an activating group) is 1. The van der Waals surface area contributed by atoms with Gasteiger partial charge in [-0.25, -0.2) is 0 Å². The van der Waals surface area contributed by atoms with E-state index in [1.807, 2.05) is 0 Å². The first-order chi connectivity index (χ1) is 5.57. The average Bonchev–Trinajstić information content (AvgIpc) is 2.05. The molecule has 0 radical (unpaired) electrons. The van der Waals surface area contributed by atoms with E-state index in [0.29, 0.717) is 11.6 Å². The molecule has 1 aliphatic rings. The third-order valence-electron chi connectivity index (χ3n) is 3.06. The van der Waals surface area contributed by atoms with E-state index in [4.69, 9.17) is 0 Å². The molecule has 0 spiro atoms. The minimum Gasteiger partial charge on any atom is -0.313 e. The molecule has 2 nitrogen and oxygen atoms in total. The van der Waals surface area contributed by atoms with Crippen LogP contribution in [0.4, 0.5) is 0 Å². The van der Waals surface area contributed by atoms with E-state index >= 15 is 0 Å². The molecule has 0 aliphatic carbocycles. The molecule has 0 aromatic heterocycles. The fourth-order valence-corrected chi connectivity index (χ4v) is 1.92. The van der Waals surface area contributed by atoms with Crippen molar-refractivity contribution < 1.29 is 0 Å². The van der Waals surface area contributed by atoms with Gasteiger partial charge in [-0.2, -0.15) is 0 Å². The van der Waals surface area contributed by atoms with Gasteiger partial charge in [0.15, 0.2) is 0 Å². The van der Waals surface area contributed by atoms with E-state index in [2.05, 4.69) is 38.0 Å². The monoisotopic (exact) mass is 170 g/mol. The normalized spacial score (nSPS) is 32.8. The van der Waals surface area contributed by atoms with Crippen molar-refractivity contribution in [3.05, 3.63) is 0 Å². The summed E-state index contributed by atoms with van der Waals surface area (Å²) in [6, 6.07) is 0.693. The second kappa shape index (κ2) is 3.75. The molecule has 0 aromatic rings. The lowest BCUT2D eigenvalue weighted by molar-refractivity contribution is 0.111. The van der Waals surface area contributed by atoms with E-state index in [0.717, 1.165) is 0 Å². The number of nitrogens with one attached hydrogen (secondary N) is 1. The number of piperidine rings is 1. The van der Waals surface area contributed by atoms with Crippen LogP contribution in [0, 0.1) is 0 Å². The summed E-state index contributed by atoms with van der Waals surface area (Å²) in [7, 11) is 2.07. The van der Waals surface area contributed by atoms with Crippen molar-refractivity contribution in [3.63, 3.8) is 0 Å². The minimum absolute atomic E-state index is 0.350. The summed E-state index contributed by atoms with van der Waals surface area (Å²) in [5.74, 6) is 0. The van der Waals surface area contributed by atoms with Gasteiger partial charge in [0.05, 0.1) is 0 Å². The first-order valence-corrected chi connectivity index (χ1v) is 5.00. The van der Waals surface area contributed by atoms with Crippen LogP contribution in [0.5, 0.6) is 0 Å². The van der Waals surface area contributed by atoms with E-state index in [1.54, 1.807) is 0 Å². The summed E-state index contributed by atoms with van der Waals surface area (Å²) in [5.41, 5.74) is 0.350.